The van der Waals surface area contributed by atoms with E-state index in [-0.39, 0.29) is 23.6 Å². The van der Waals surface area contributed by atoms with Crippen molar-refractivity contribution in [2.24, 2.45) is 0 Å². The Morgan fingerprint density at radius 1 is 0.853 bits per heavy atom. The molecule has 1 aliphatic heterocycles. The minimum atomic E-state index is -0.842. The van der Waals surface area contributed by atoms with Gasteiger partial charge in [-0.15, -0.1) is 0 Å². The molecule has 0 aromatic heterocycles. The molecule has 1 fully saturated rings. The molecule has 0 spiro atoms. The average Bonchev–Trinajstić information content (AvgIpc) is 2.86. The smallest absolute Gasteiger partial charge is 0.176 e. The van der Waals surface area contributed by atoms with Crippen molar-refractivity contribution in [1.82, 2.24) is 0 Å². The number of hydrogen-bond acceptors (Lipinski definition) is 2. The third-order valence-corrected chi connectivity index (χ3v) is 6.21. The predicted molar refractivity (Wildman–Crippen MR) is 129 cm³/mol. The second kappa shape index (κ2) is 11.0. The van der Waals surface area contributed by atoms with Crippen molar-refractivity contribution < 1.29 is 22.6 Å². The number of allylic oxidation sites excluding steroid dienone is 1. The summed E-state index contributed by atoms with van der Waals surface area (Å²) in [6.45, 7) is 4.84. The summed E-state index contributed by atoms with van der Waals surface area (Å²) in [5, 5.41) is 0. The monoisotopic (exact) mass is 466 g/mol. The van der Waals surface area contributed by atoms with Gasteiger partial charge < -0.3 is 9.47 Å². The lowest BCUT2D eigenvalue weighted by Crippen LogP contribution is -2.29. The third kappa shape index (κ3) is 5.26. The number of unbranched alkanes of at least 4 members (excludes halogenated alkanes) is 1. The van der Waals surface area contributed by atoms with Gasteiger partial charge in [-0.25, -0.2) is 13.2 Å². The Morgan fingerprint density at radius 3 is 2.12 bits per heavy atom. The molecule has 4 rings (SSSR count). The number of rotatable bonds is 7. The van der Waals surface area contributed by atoms with Gasteiger partial charge in [-0.05, 0) is 54.2 Å². The zero-order chi connectivity index (χ0) is 24.1. The van der Waals surface area contributed by atoms with Crippen molar-refractivity contribution in [3.05, 3.63) is 95.3 Å². The topological polar surface area (TPSA) is 18.5 Å². The lowest BCUT2D eigenvalue weighted by molar-refractivity contribution is -0.159. The van der Waals surface area contributed by atoms with Crippen molar-refractivity contribution in [2.75, 3.05) is 13.2 Å². The molecule has 0 amide bonds. The first-order valence-electron chi connectivity index (χ1n) is 11.7. The zero-order valence-electron chi connectivity index (χ0n) is 19.5. The summed E-state index contributed by atoms with van der Waals surface area (Å²) in [5.41, 5.74) is 3.07. The second-order valence-electron chi connectivity index (χ2n) is 8.58. The minimum absolute atomic E-state index is 0.0365. The second-order valence-corrected chi connectivity index (χ2v) is 8.58. The Balaban J connectivity index is 1.51. The molecule has 3 aromatic carbocycles. The highest BCUT2D eigenvalue weighted by Crippen LogP contribution is 2.32. The van der Waals surface area contributed by atoms with E-state index in [1.165, 1.54) is 6.07 Å². The number of benzene rings is 3. The van der Waals surface area contributed by atoms with Crippen molar-refractivity contribution in [2.45, 2.75) is 45.3 Å². The van der Waals surface area contributed by atoms with Gasteiger partial charge in [0, 0.05) is 17.0 Å². The maximum absolute atomic E-state index is 15.0. The van der Waals surface area contributed by atoms with E-state index in [0.29, 0.717) is 41.9 Å². The molecular weight excluding hydrogens is 437 g/mol. The van der Waals surface area contributed by atoms with Gasteiger partial charge in [0.05, 0.1) is 13.2 Å². The van der Waals surface area contributed by atoms with Crippen molar-refractivity contribution >= 4 is 0 Å². The Morgan fingerprint density at radius 2 is 1.50 bits per heavy atom. The molecule has 0 atom stereocenters. The first-order valence-corrected chi connectivity index (χ1v) is 11.7. The van der Waals surface area contributed by atoms with Gasteiger partial charge in [0.2, 0.25) is 0 Å². The van der Waals surface area contributed by atoms with Gasteiger partial charge in [0.15, 0.2) is 17.9 Å². The zero-order valence-corrected chi connectivity index (χ0v) is 19.5. The number of aryl methyl sites for hydroxylation is 1. The van der Waals surface area contributed by atoms with Gasteiger partial charge in [0.1, 0.15) is 5.82 Å². The van der Waals surface area contributed by atoms with Crippen LogP contribution in [0.25, 0.3) is 22.3 Å². The van der Waals surface area contributed by atoms with Crippen LogP contribution in [0.2, 0.25) is 0 Å². The van der Waals surface area contributed by atoms with Crippen LogP contribution < -0.4 is 0 Å². The maximum Gasteiger partial charge on any atom is 0.176 e. The van der Waals surface area contributed by atoms with E-state index < -0.39 is 11.6 Å². The molecule has 0 unspecified atom stereocenters. The summed E-state index contributed by atoms with van der Waals surface area (Å²) < 4.78 is 55.4. The summed E-state index contributed by atoms with van der Waals surface area (Å²) in [7, 11) is 0. The summed E-state index contributed by atoms with van der Waals surface area (Å²) in [6, 6.07) is 15.2. The lowest BCUT2D eigenvalue weighted by atomic mass is 9.94. The van der Waals surface area contributed by atoms with Crippen LogP contribution >= 0.6 is 0 Å². The fraction of sp³-hybridized carbons (Fsp3) is 0.310. The molecular formula is C29H29F3O2. The molecule has 178 valence electrons. The van der Waals surface area contributed by atoms with E-state index in [1.807, 2.05) is 32.1 Å². The van der Waals surface area contributed by atoms with Crippen molar-refractivity contribution in [1.29, 1.82) is 0 Å². The Bertz CT molecular complexity index is 1150. The summed E-state index contributed by atoms with van der Waals surface area (Å²) >= 11 is 0. The molecule has 0 aliphatic carbocycles. The first kappa shape index (κ1) is 24.2. The molecule has 0 bridgehead atoms. The summed E-state index contributed by atoms with van der Waals surface area (Å²) in [4.78, 5) is 0. The van der Waals surface area contributed by atoms with E-state index in [4.69, 9.17) is 9.47 Å². The molecule has 34 heavy (non-hydrogen) atoms. The Kier molecular flexibility index (Phi) is 7.86. The van der Waals surface area contributed by atoms with E-state index in [9.17, 15) is 13.2 Å². The summed E-state index contributed by atoms with van der Waals surface area (Å²) in [5.74, 6) is -2.02. The van der Waals surface area contributed by atoms with Crippen LogP contribution in [0.4, 0.5) is 13.2 Å². The highest BCUT2D eigenvalue weighted by Gasteiger charge is 2.23. The molecule has 2 nitrogen and oxygen atoms in total. The van der Waals surface area contributed by atoms with Gasteiger partial charge in [-0.2, -0.15) is 0 Å². The SMILES string of the molecule is CC=CC1OCC(c2ccc(-c3ccc(-c4ccc(CCCC)c(F)c4F)cc3)c(F)c2)CO1. The van der Waals surface area contributed by atoms with E-state index >= 15 is 0 Å². The minimum Gasteiger partial charge on any atom is -0.348 e. The molecule has 0 radical (unpaired) electrons. The number of hydrogen-bond donors (Lipinski definition) is 0. The van der Waals surface area contributed by atoms with Crippen LogP contribution in [0.5, 0.6) is 0 Å². The standard InChI is InChI=1S/C29H29F3O2/c1-3-5-7-21-12-15-25(29(32)28(21)31)20-10-8-19(9-11-20)24-14-13-22(16-26(24)30)23-17-33-27(6-4-2)34-18-23/h4,6,8-16,23,27H,3,5,7,17-18H2,1-2H3. The van der Waals surface area contributed by atoms with Crippen molar-refractivity contribution in [3.63, 3.8) is 0 Å². The van der Waals surface area contributed by atoms with Gasteiger partial charge in [0.25, 0.3) is 0 Å². The van der Waals surface area contributed by atoms with Gasteiger partial charge >= 0.3 is 0 Å². The normalized spacial score (nSPS) is 18.5. The van der Waals surface area contributed by atoms with Crippen LogP contribution in [0.1, 0.15) is 43.7 Å². The van der Waals surface area contributed by atoms with E-state index in [1.54, 1.807) is 42.5 Å². The first-order chi connectivity index (χ1) is 16.5. The van der Waals surface area contributed by atoms with E-state index in [0.717, 1.165) is 18.4 Å². The van der Waals surface area contributed by atoms with Gasteiger partial charge in [-0.1, -0.05) is 68.0 Å². The number of halogens is 3. The Labute approximate surface area is 199 Å². The van der Waals surface area contributed by atoms with Crippen LogP contribution in [-0.4, -0.2) is 19.5 Å². The fourth-order valence-electron chi connectivity index (χ4n) is 4.20. The third-order valence-electron chi connectivity index (χ3n) is 6.21. The molecule has 1 heterocycles. The Hall–Kier alpha value is -2.89. The molecule has 0 N–H and O–H groups in total. The van der Waals surface area contributed by atoms with Gasteiger partial charge in [-0.3, -0.25) is 0 Å². The predicted octanol–water partition coefficient (Wildman–Crippen LogP) is 7.81. The molecule has 1 aliphatic rings. The molecule has 3 aromatic rings. The molecule has 1 saturated heterocycles. The van der Waals surface area contributed by atoms with Crippen LogP contribution in [0, 0.1) is 17.5 Å². The van der Waals surface area contributed by atoms with Crippen LogP contribution in [0.3, 0.4) is 0 Å². The van der Waals surface area contributed by atoms with Crippen LogP contribution in [0.15, 0.2) is 66.7 Å². The fourth-order valence-corrected chi connectivity index (χ4v) is 4.20. The summed E-state index contributed by atoms with van der Waals surface area (Å²) in [6.07, 6.45) is 5.61. The maximum atomic E-state index is 15.0. The quantitative estimate of drug-likeness (QED) is 0.331. The van der Waals surface area contributed by atoms with E-state index in [2.05, 4.69) is 0 Å². The van der Waals surface area contributed by atoms with Crippen LogP contribution in [-0.2, 0) is 15.9 Å². The molecule has 0 saturated carbocycles. The highest BCUT2D eigenvalue weighted by atomic mass is 19.2. The van der Waals surface area contributed by atoms with Crippen molar-refractivity contribution in [3.8, 4) is 22.3 Å². The highest BCUT2D eigenvalue weighted by molar-refractivity contribution is 5.71. The molecule has 5 heteroatoms. The largest absolute Gasteiger partial charge is 0.348 e. The lowest BCUT2D eigenvalue weighted by Gasteiger charge is -2.28. The average molecular weight is 467 g/mol. The number of ether oxygens (including phenoxy) is 2.